The molecule has 0 aliphatic heterocycles. The molecular formula is C14H19Cl2NO4. The van der Waals surface area contributed by atoms with Crippen molar-refractivity contribution in [3.8, 4) is 5.75 Å². The molecule has 1 amide bonds. The van der Waals surface area contributed by atoms with Crippen molar-refractivity contribution in [2.45, 2.75) is 18.9 Å². The summed E-state index contributed by atoms with van der Waals surface area (Å²) in [7, 11) is 1.55. The van der Waals surface area contributed by atoms with Crippen molar-refractivity contribution in [1.29, 1.82) is 0 Å². The maximum Gasteiger partial charge on any atom is 0.258 e. The van der Waals surface area contributed by atoms with Gasteiger partial charge in [0, 0.05) is 31.7 Å². The van der Waals surface area contributed by atoms with Crippen LogP contribution in [0.1, 0.15) is 13.3 Å². The average molecular weight is 336 g/mol. The van der Waals surface area contributed by atoms with E-state index in [0.717, 1.165) is 0 Å². The van der Waals surface area contributed by atoms with E-state index in [-0.39, 0.29) is 19.1 Å². The number of methoxy groups -OCH3 is 1. The number of aliphatic hydroxyl groups is 1. The van der Waals surface area contributed by atoms with Crippen LogP contribution in [0.3, 0.4) is 0 Å². The number of hydrogen-bond donors (Lipinski definition) is 2. The van der Waals surface area contributed by atoms with Gasteiger partial charge in [-0.25, -0.2) is 0 Å². The summed E-state index contributed by atoms with van der Waals surface area (Å²) in [4.78, 5) is 11.7. The third-order valence-corrected chi connectivity index (χ3v) is 3.29. The van der Waals surface area contributed by atoms with Crippen LogP contribution in [0.25, 0.3) is 0 Å². The van der Waals surface area contributed by atoms with E-state index in [1.807, 2.05) is 0 Å². The van der Waals surface area contributed by atoms with Crippen molar-refractivity contribution >= 4 is 29.1 Å². The molecule has 1 aromatic rings. The van der Waals surface area contributed by atoms with Crippen molar-refractivity contribution in [3.05, 3.63) is 28.2 Å². The van der Waals surface area contributed by atoms with Gasteiger partial charge in [-0.2, -0.15) is 0 Å². The zero-order valence-corrected chi connectivity index (χ0v) is 13.5. The second kappa shape index (κ2) is 8.44. The normalized spacial score (nSPS) is 13.6. The number of rotatable bonds is 8. The molecule has 0 radical (unpaired) electrons. The van der Waals surface area contributed by atoms with Crippen LogP contribution in [0.4, 0.5) is 0 Å². The molecule has 0 fully saturated rings. The molecule has 0 saturated heterocycles. The lowest BCUT2D eigenvalue weighted by Gasteiger charge is -2.23. The minimum atomic E-state index is -1.02. The highest BCUT2D eigenvalue weighted by Crippen LogP contribution is 2.27. The van der Waals surface area contributed by atoms with Gasteiger partial charge in [0.25, 0.3) is 5.91 Å². The number of carbonyl (C=O) groups excluding carboxylic acids is 1. The van der Waals surface area contributed by atoms with Crippen molar-refractivity contribution in [1.82, 2.24) is 5.32 Å². The summed E-state index contributed by atoms with van der Waals surface area (Å²) in [6, 6.07) is 4.74. The highest BCUT2D eigenvalue weighted by molar-refractivity contribution is 6.35. The smallest absolute Gasteiger partial charge is 0.258 e. The summed E-state index contributed by atoms with van der Waals surface area (Å²) >= 11 is 11.7. The van der Waals surface area contributed by atoms with E-state index < -0.39 is 5.60 Å². The Balaban J connectivity index is 2.37. The number of nitrogens with one attached hydrogen (secondary N) is 1. The standard InChI is InChI=1S/C14H19Cl2NO4/c1-14(19,5-6-20-2)9-17-13(18)8-21-12-4-3-10(15)7-11(12)16/h3-4,7,19H,5-6,8-9H2,1-2H3,(H,17,18). The lowest BCUT2D eigenvalue weighted by atomic mass is 10.0. The van der Waals surface area contributed by atoms with Crippen molar-refractivity contribution in [3.63, 3.8) is 0 Å². The Labute approximate surface area is 134 Å². The van der Waals surface area contributed by atoms with Crippen LogP contribution >= 0.6 is 23.2 Å². The topological polar surface area (TPSA) is 67.8 Å². The molecule has 0 aromatic heterocycles. The molecule has 5 nitrogen and oxygen atoms in total. The minimum absolute atomic E-state index is 0.118. The number of hydrogen-bond acceptors (Lipinski definition) is 4. The highest BCUT2D eigenvalue weighted by atomic mass is 35.5. The summed E-state index contributed by atoms with van der Waals surface area (Å²) < 4.78 is 10.2. The van der Waals surface area contributed by atoms with Crippen LogP contribution in [0, 0.1) is 0 Å². The summed E-state index contributed by atoms with van der Waals surface area (Å²) in [5.74, 6) is 0.0288. The van der Waals surface area contributed by atoms with Crippen LogP contribution in [-0.2, 0) is 9.53 Å². The molecule has 21 heavy (non-hydrogen) atoms. The van der Waals surface area contributed by atoms with E-state index in [2.05, 4.69) is 5.32 Å². The number of ether oxygens (including phenoxy) is 2. The first kappa shape index (κ1) is 18.0. The van der Waals surface area contributed by atoms with Gasteiger partial charge in [0.05, 0.1) is 10.6 Å². The Morgan fingerprint density at radius 2 is 2.14 bits per heavy atom. The number of benzene rings is 1. The molecule has 1 atom stereocenters. The SMILES string of the molecule is COCCC(C)(O)CNC(=O)COc1ccc(Cl)cc1Cl. The average Bonchev–Trinajstić information content (AvgIpc) is 2.42. The molecule has 118 valence electrons. The van der Waals surface area contributed by atoms with Gasteiger partial charge in [0.15, 0.2) is 6.61 Å². The predicted molar refractivity (Wildman–Crippen MR) is 82.1 cm³/mol. The van der Waals surface area contributed by atoms with Crippen LogP contribution in [0.15, 0.2) is 18.2 Å². The van der Waals surface area contributed by atoms with Gasteiger partial charge in [-0.1, -0.05) is 23.2 Å². The lowest BCUT2D eigenvalue weighted by Crippen LogP contribution is -2.42. The fourth-order valence-electron chi connectivity index (χ4n) is 1.49. The second-order valence-corrected chi connectivity index (χ2v) is 5.72. The molecule has 0 spiro atoms. The van der Waals surface area contributed by atoms with E-state index >= 15 is 0 Å². The Kier molecular flexibility index (Phi) is 7.25. The van der Waals surface area contributed by atoms with Crippen LogP contribution in [0.2, 0.25) is 10.0 Å². The summed E-state index contributed by atoms with van der Waals surface area (Å²) in [6.07, 6.45) is 0.424. The summed E-state index contributed by atoms with van der Waals surface area (Å²) in [5, 5.41) is 13.4. The quantitative estimate of drug-likeness (QED) is 0.764. The van der Waals surface area contributed by atoms with Gasteiger partial charge in [0.2, 0.25) is 0 Å². The van der Waals surface area contributed by atoms with Gasteiger partial charge in [-0.15, -0.1) is 0 Å². The molecule has 1 aromatic carbocycles. The van der Waals surface area contributed by atoms with Crippen molar-refractivity contribution in [2.24, 2.45) is 0 Å². The maximum absolute atomic E-state index is 11.7. The third-order valence-electron chi connectivity index (χ3n) is 2.76. The third kappa shape index (κ3) is 7.00. The monoisotopic (exact) mass is 335 g/mol. The Hall–Kier alpha value is -1.01. The van der Waals surface area contributed by atoms with E-state index in [4.69, 9.17) is 32.7 Å². The van der Waals surface area contributed by atoms with E-state index in [0.29, 0.717) is 28.8 Å². The fourth-order valence-corrected chi connectivity index (χ4v) is 1.95. The number of amides is 1. The van der Waals surface area contributed by atoms with Crippen LogP contribution < -0.4 is 10.1 Å². The molecule has 0 saturated carbocycles. The first-order valence-electron chi connectivity index (χ1n) is 6.40. The van der Waals surface area contributed by atoms with E-state index in [1.165, 1.54) is 6.07 Å². The predicted octanol–water partition coefficient (Wildman–Crippen LogP) is 2.28. The molecule has 0 heterocycles. The zero-order valence-electron chi connectivity index (χ0n) is 12.0. The first-order chi connectivity index (χ1) is 9.84. The lowest BCUT2D eigenvalue weighted by molar-refractivity contribution is -0.124. The van der Waals surface area contributed by atoms with E-state index in [9.17, 15) is 9.90 Å². The van der Waals surface area contributed by atoms with E-state index in [1.54, 1.807) is 26.2 Å². The summed E-state index contributed by atoms with van der Waals surface area (Å²) in [6.45, 7) is 1.97. The summed E-state index contributed by atoms with van der Waals surface area (Å²) in [5.41, 5.74) is -1.02. The Bertz CT molecular complexity index is 480. The number of halogens is 2. The van der Waals surface area contributed by atoms with Crippen LogP contribution in [0.5, 0.6) is 5.75 Å². The second-order valence-electron chi connectivity index (χ2n) is 4.88. The Morgan fingerprint density at radius 3 is 2.76 bits per heavy atom. The molecule has 7 heteroatoms. The van der Waals surface area contributed by atoms with Gasteiger partial charge >= 0.3 is 0 Å². The molecule has 1 unspecified atom stereocenters. The molecule has 1 rings (SSSR count). The van der Waals surface area contributed by atoms with Crippen LogP contribution in [-0.4, -0.2) is 43.5 Å². The largest absolute Gasteiger partial charge is 0.482 e. The first-order valence-corrected chi connectivity index (χ1v) is 7.15. The minimum Gasteiger partial charge on any atom is -0.482 e. The number of carbonyl (C=O) groups is 1. The van der Waals surface area contributed by atoms with Crippen molar-refractivity contribution in [2.75, 3.05) is 26.9 Å². The van der Waals surface area contributed by atoms with Gasteiger partial charge < -0.3 is 19.9 Å². The van der Waals surface area contributed by atoms with Crippen molar-refractivity contribution < 1.29 is 19.4 Å². The molecule has 2 N–H and O–H groups in total. The zero-order chi connectivity index (χ0) is 15.9. The Morgan fingerprint density at radius 1 is 1.43 bits per heavy atom. The molecule has 0 aliphatic rings. The molecule has 0 bridgehead atoms. The highest BCUT2D eigenvalue weighted by Gasteiger charge is 2.20. The molecular weight excluding hydrogens is 317 g/mol. The van der Waals surface area contributed by atoms with Gasteiger partial charge in [0.1, 0.15) is 5.75 Å². The fraction of sp³-hybridized carbons (Fsp3) is 0.500. The van der Waals surface area contributed by atoms with Gasteiger partial charge in [-0.3, -0.25) is 4.79 Å². The molecule has 0 aliphatic carbocycles. The maximum atomic E-state index is 11.7. The van der Waals surface area contributed by atoms with Gasteiger partial charge in [-0.05, 0) is 25.1 Å².